The van der Waals surface area contributed by atoms with Gasteiger partial charge in [-0.2, -0.15) is 0 Å². The van der Waals surface area contributed by atoms with Crippen molar-refractivity contribution in [2.75, 3.05) is 0 Å². The van der Waals surface area contributed by atoms with Gasteiger partial charge < -0.3 is 0 Å². The molecule has 154 valence electrons. The van der Waals surface area contributed by atoms with E-state index in [0.29, 0.717) is 0 Å². The first-order chi connectivity index (χ1) is 15.9. The van der Waals surface area contributed by atoms with Crippen LogP contribution in [0, 0.1) is 0 Å². The van der Waals surface area contributed by atoms with E-state index in [1.54, 1.807) is 0 Å². The van der Waals surface area contributed by atoms with Gasteiger partial charge in [0.15, 0.2) is 0 Å². The number of hydrogen-bond donors (Lipinski definition) is 0. The summed E-state index contributed by atoms with van der Waals surface area (Å²) in [5.41, 5.74) is 8.48. The zero-order chi connectivity index (χ0) is 21.6. The van der Waals surface area contributed by atoms with E-state index in [1.165, 1.54) is 27.8 Å². The molecule has 0 aliphatic rings. The molecule has 32 heavy (non-hydrogen) atoms. The number of rotatable bonds is 6. The molecule has 2 nitrogen and oxygen atoms in total. The minimum absolute atomic E-state index is 0.695. The Bertz CT molecular complexity index is 1230. The van der Waals surface area contributed by atoms with Crippen molar-refractivity contribution in [3.8, 4) is 22.3 Å². The summed E-state index contributed by atoms with van der Waals surface area (Å²) in [6.45, 7) is 0. The van der Waals surface area contributed by atoms with E-state index in [-0.39, 0.29) is 0 Å². The molecular weight excluding hydrogens is 407 g/mol. The van der Waals surface area contributed by atoms with Gasteiger partial charge in [-0.05, 0) is 52.1 Å². The summed E-state index contributed by atoms with van der Waals surface area (Å²) in [7, 11) is -0.695. The summed E-state index contributed by atoms with van der Waals surface area (Å²) in [5.74, 6) is 0. The maximum atomic E-state index is 4.69. The SMILES string of the molecule is c1ccc(-c2ccc(CP(c3ccccn3)c3ccccn3)cc2-c2ccccc2)cc1. The van der Waals surface area contributed by atoms with Crippen LogP contribution in [0.25, 0.3) is 22.3 Å². The van der Waals surface area contributed by atoms with Crippen LogP contribution in [0.4, 0.5) is 0 Å². The molecule has 2 heterocycles. The summed E-state index contributed by atoms with van der Waals surface area (Å²) in [6, 6.07) is 40.4. The lowest BCUT2D eigenvalue weighted by Gasteiger charge is -2.18. The second-order valence-electron chi connectivity index (χ2n) is 7.57. The summed E-state index contributed by atoms with van der Waals surface area (Å²) in [4.78, 5) is 9.37. The fourth-order valence-corrected chi connectivity index (χ4v) is 5.97. The summed E-state index contributed by atoms with van der Waals surface area (Å²) < 4.78 is 0. The van der Waals surface area contributed by atoms with E-state index in [4.69, 9.17) is 0 Å². The molecule has 0 unspecified atom stereocenters. The molecule has 0 aliphatic carbocycles. The molecule has 0 aliphatic heterocycles. The molecule has 0 N–H and O–H groups in total. The van der Waals surface area contributed by atoms with Crippen molar-refractivity contribution in [2.45, 2.75) is 6.16 Å². The standard InChI is InChI=1S/C29H23N2P/c1-3-11-24(12-4-1)26-18-17-23(21-27(26)25-13-5-2-6-14-25)22-32(28-15-7-9-19-30-28)29-16-8-10-20-31-29/h1-21H,22H2. The van der Waals surface area contributed by atoms with Crippen molar-refractivity contribution >= 4 is 18.8 Å². The van der Waals surface area contributed by atoms with E-state index in [2.05, 4.69) is 113 Å². The molecule has 0 spiro atoms. The molecular formula is C29H23N2P. The Labute approximate surface area is 190 Å². The summed E-state index contributed by atoms with van der Waals surface area (Å²) in [6.07, 6.45) is 4.65. The van der Waals surface area contributed by atoms with Crippen molar-refractivity contribution in [3.63, 3.8) is 0 Å². The second-order valence-corrected chi connectivity index (χ2v) is 9.66. The third-order valence-corrected chi connectivity index (χ3v) is 7.76. The van der Waals surface area contributed by atoms with Crippen LogP contribution >= 0.6 is 7.92 Å². The Morgan fingerprint density at radius 2 is 1.03 bits per heavy atom. The van der Waals surface area contributed by atoms with Gasteiger partial charge in [-0.3, -0.25) is 9.97 Å². The molecule has 2 aromatic heterocycles. The molecule has 0 fully saturated rings. The van der Waals surface area contributed by atoms with Crippen molar-refractivity contribution in [2.24, 2.45) is 0 Å². The summed E-state index contributed by atoms with van der Waals surface area (Å²) in [5, 5.41) is 0. The summed E-state index contributed by atoms with van der Waals surface area (Å²) >= 11 is 0. The highest BCUT2D eigenvalue weighted by atomic mass is 31.1. The molecule has 3 heteroatoms. The lowest BCUT2D eigenvalue weighted by Crippen LogP contribution is -2.18. The van der Waals surface area contributed by atoms with E-state index in [0.717, 1.165) is 17.0 Å². The quantitative estimate of drug-likeness (QED) is 0.290. The van der Waals surface area contributed by atoms with E-state index >= 15 is 0 Å². The maximum Gasteiger partial charge on any atom is 0.0695 e. The van der Waals surface area contributed by atoms with Gasteiger partial charge in [-0.1, -0.05) is 91.0 Å². The maximum absolute atomic E-state index is 4.69. The van der Waals surface area contributed by atoms with Gasteiger partial charge in [0.25, 0.3) is 0 Å². The van der Waals surface area contributed by atoms with Gasteiger partial charge in [-0.15, -0.1) is 0 Å². The molecule has 3 aromatic carbocycles. The fourth-order valence-electron chi connectivity index (χ4n) is 3.90. The average molecular weight is 430 g/mol. The molecule has 0 saturated carbocycles. The van der Waals surface area contributed by atoms with Gasteiger partial charge in [0, 0.05) is 26.5 Å². The van der Waals surface area contributed by atoms with Crippen LogP contribution < -0.4 is 10.9 Å². The third-order valence-electron chi connectivity index (χ3n) is 5.45. The molecule has 0 atom stereocenters. The Morgan fingerprint density at radius 3 is 1.56 bits per heavy atom. The number of nitrogens with zero attached hydrogens (tertiary/aromatic N) is 2. The zero-order valence-corrected chi connectivity index (χ0v) is 18.6. The van der Waals surface area contributed by atoms with Crippen LogP contribution in [0.2, 0.25) is 0 Å². The normalized spacial score (nSPS) is 10.9. The van der Waals surface area contributed by atoms with E-state index in [1.807, 2.05) is 24.5 Å². The van der Waals surface area contributed by atoms with Gasteiger partial charge in [0.2, 0.25) is 0 Å². The van der Waals surface area contributed by atoms with Crippen LogP contribution in [0.5, 0.6) is 0 Å². The highest BCUT2D eigenvalue weighted by Crippen LogP contribution is 2.39. The predicted octanol–water partition coefficient (Wildman–Crippen LogP) is 6.44. The van der Waals surface area contributed by atoms with Gasteiger partial charge >= 0.3 is 0 Å². The molecule has 5 aromatic rings. The number of pyridine rings is 2. The van der Waals surface area contributed by atoms with Crippen molar-refractivity contribution < 1.29 is 0 Å². The highest BCUT2D eigenvalue weighted by molar-refractivity contribution is 7.71. The Hall–Kier alpha value is -3.61. The van der Waals surface area contributed by atoms with Crippen LogP contribution in [-0.2, 0) is 6.16 Å². The van der Waals surface area contributed by atoms with Crippen LogP contribution in [0.15, 0.2) is 128 Å². The van der Waals surface area contributed by atoms with E-state index < -0.39 is 7.92 Å². The smallest absolute Gasteiger partial charge is 0.0695 e. The van der Waals surface area contributed by atoms with Gasteiger partial charge in [0.1, 0.15) is 0 Å². The molecule has 0 saturated heterocycles. The lowest BCUT2D eigenvalue weighted by molar-refractivity contribution is 1.33. The first kappa shape index (κ1) is 20.3. The predicted molar refractivity (Wildman–Crippen MR) is 136 cm³/mol. The van der Waals surface area contributed by atoms with Crippen LogP contribution in [-0.4, -0.2) is 9.97 Å². The average Bonchev–Trinajstić information content (AvgIpc) is 2.89. The second kappa shape index (κ2) is 9.68. The minimum Gasteiger partial charge on any atom is -0.256 e. The highest BCUT2D eigenvalue weighted by Gasteiger charge is 2.18. The topological polar surface area (TPSA) is 25.8 Å². The molecule has 0 amide bonds. The van der Waals surface area contributed by atoms with E-state index in [9.17, 15) is 0 Å². The molecule has 5 rings (SSSR count). The van der Waals surface area contributed by atoms with Crippen LogP contribution in [0.3, 0.4) is 0 Å². The van der Waals surface area contributed by atoms with Crippen molar-refractivity contribution in [3.05, 3.63) is 133 Å². The third kappa shape index (κ3) is 4.51. The van der Waals surface area contributed by atoms with Crippen molar-refractivity contribution in [1.82, 2.24) is 9.97 Å². The van der Waals surface area contributed by atoms with Crippen LogP contribution in [0.1, 0.15) is 5.56 Å². The Morgan fingerprint density at radius 1 is 0.500 bits per heavy atom. The first-order valence-electron chi connectivity index (χ1n) is 10.7. The van der Waals surface area contributed by atoms with Gasteiger partial charge in [0.05, 0.1) is 10.9 Å². The Kier molecular flexibility index (Phi) is 6.14. The number of aromatic nitrogens is 2. The zero-order valence-electron chi connectivity index (χ0n) is 17.7. The minimum atomic E-state index is -0.695. The fraction of sp³-hybridized carbons (Fsp3) is 0.0345. The first-order valence-corrected chi connectivity index (χ1v) is 12.2. The van der Waals surface area contributed by atoms with Crippen molar-refractivity contribution in [1.29, 1.82) is 0 Å². The monoisotopic (exact) mass is 430 g/mol. The number of benzene rings is 3. The van der Waals surface area contributed by atoms with Gasteiger partial charge in [-0.25, -0.2) is 0 Å². The molecule has 0 radical (unpaired) electrons. The largest absolute Gasteiger partial charge is 0.256 e. The molecule has 0 bridgehead atoms. The number of hydrogen-bond acceptors (Lipinski definition) is 2. The lowest BCUT2D eigenvalue weighted by atomic mass is 9.93. The Balaban J connectivity index is 1.59.